The number of alkyl halides is 3. The zero-order chi connectivity index (χ0) is 13.5. The van der Waals surface area contributed by atoms with Crippen LogP contribution in [-0.4, -0.2) is 22.5 Å². The van der Waals surface area contributed by atoms with Gasteiger partial charge in [0.05, 0.1) is 14.5 Å². The van der Waals surface area contributed by atoms with E-state index in [4.69, 9.17) is 0 Å². The summed E-state index contributed by atoms with van der Waals surface area (Å²) in [5, 5.41) is -0.924. The van der Waals surface area contributed by atoms with Crippen molar-refractivity contribution in [1.29, 1.82) is 0 Å². The molecule has 0 N–H and O–H groups in total. The van der Waals surface area contributed by atoms with E-state index < -0.39 is 25.7 Å². The topological polar surface area (TPSA) is 42.3 Å². The van der Waals surface area contributed by atoms with Crippen molar-refractivity contribution in [2.45, 2.75) is 24.8 Å². The lowest BCUT2D eigenvalue weighted by Gasteiger charge is -2.24. The Bertz CT molecular complexity index is 525. The minimum atomic E-state index is -4.46. The van der Waals surface area contributed by atoms with E-state index >= 15 is 0 Å². The smallest absolute Gasteiger partial charge is 0.249 e. The van der Waals surface area contributed by atoms with Gasteiger partial charge in [-0.05, 0) is 13.8 Å². The van der Waals surface area contributed by atoms with Gasteiger partial charge in [-0.1, -0.05) is 0 Å². The molecule has 0 aliphatic rings. The number of thiazole rings is 1. The van der Waals surface area contributed by atoms with Crippen molar-refractivity contribution in [2.75, 3.05) is 13.3 Å². The van der Waals surface area contributed by atoms with Crippen molar-refractivity contribution >= 4 is 21.1 Å². The van der Waals surface area contributed by atoms with Crippen LogP contribution in [0.4, 0.5) is 13.2 Å². The highest BCUT2D eigenvalue weighted by Crippen LogP contribution is 2.39. The number of hydrogen-bond donors (Lipinski definition) is 0. The lowest BCUT2D eigenvalue weighted by molar-refractivity contribution is -0.137. The van der Waals surface area contributed by atoms with Gasteiger partial charge in [0.25, 0.3) is 0 Å². The Balaban J connectivity index is 3.28. The molecule has 0 aromatic carbocycles. The Hall–Kier alpha value is -0.630. The molecule has 1 atom stereocenters. The summed E-state index contributed by atoms with van der Waals surface area (Å²) in [5.41, 5.74) is 0. The minimum absolute atomic E-state index is 0.322. The summed E-state index contributed by atoms with van der Waals surface area (Å²) in [6.07, 6.45) is -1.90. The lowest BCUT2D eigenvalue weighted by atomic mass is 10.2. The predicted octanol–water partition coefficient (Wildman–Crippen LogP) is 3.12. The van der Waals surface area contributed by atoms with Crippen LogP contribution in [0.1, 0.15) is 23.7 Å². The van der Waals surface area contributed by atoms with E-state index in [9.17, 15) is 17.4 Å². The van der Waals surface area contributed by atoms with Gasteiger partial charge in [0.15, 0.2) is 5.01 Å². The van der Waals surface area contributed by atoms with Crippen LogP contribution in [0.3, 0.4) is 0 Å². The predicted molar refractivity (Wildman–Crippen MR) is 62.6 cm³/mol. The first-order valence-electron chi connectivity index (χ1n) is 4.65. The lowest BCUT2D eigenvalue weighted by Crippen LogP contribution is -2.26. The van der Waals surface area contributed by atoms with Crippen molar-refractivity contribution in [1.82, 2.24) is 4.98 Å². The van der Waals surface area contributed by atoms with Crippen molar-refractivity contribution < 1.29 is 17.4 Å². The van der Waals surface area contributed by atoms with Crippen LogP contribution < -0.4 is 0 Å². The quantitative estimate of drug-likeness (QED) is 0.838. The maximum atomic E-state index is 12.4. The first-order chi connectivity index (χ1) is 7.52. The van der Waals surface area contributed by atoms with Crippen LogP contribution >= 0.6 is 11.3 Å². The molecule has 98 valence electrons. The van der Waals surface area contributed by atoms with Gasteiger partial charge in [-0.25, -0.2) is 13.6 Å². The fourth-order valence-electron chi connectivity index (χ4n) is 1.10. The van der Waals surface area contributed by atoms with Crippen molar-refractivity contribution in [3.8, 4) is 0 Å². The summed E-state index contributed by atoms with van der Waals surface area (Å²) in [6, 6.07) is 0. The van der Waals surface area contributed by atoms with E-state index in [1.807, 2.05) is 0 Å². The molecule has 0 aliphatic carbocycles. The Morgan fingerprint density at radius 3 is 2.29 bits per heavy atom. The number of hydrogen-bond acceptors (Lipinski definition) is 4. The van der Waals surface area contributed by atoms with Gasteiger partial charge in [0.2, 0.25) is 0 Å². The molecule has 1 aromatic rings. The maximum absolute atomic E-state index is 12.4. The summed E-state index contributed by atoms with van der Waals surface area (Å²) >= 11 is 0.514. The van der Waals surface area contributed by atoms with Gasteiger partial charge in [-0.15, -0.1) is 11.3 Å². The molecule has 0 saturated heterocycles. The van der Waals surface area contributed by atoms with Crippen LogP contribution in [0.2, 0.25) is 0 Å². The third kappa shape index (κ3) is 2.62. The minimum Gasteiger partial charge on any atom is -0.249 e. The second-order valence-corrected chi connectivity index (χ2v) is 8.04. The second-order valence-electron chi connectivity index (χ2n) is 4.02. The SMILES string of the molecule is CN=S(C)(=O)C(C)(C)c1cnc(C(F)(F)F)s1. The van der Waals surface area contributed by atoms with E-state index in [2.05, 4.69) is 9.35 Å². The molecule has 1 heterocycles. The van der Waals surface area contributed by atoms with E-state index in [0.29, 0.717) is 16.2 Å². The average Bonchev–Trinajstić information content (AvgIpc) is 2.65. The number of halogens is 3. The largest absolute Gasteiger partial charge is 0.443 e. The Kier molecular flexibility index (Phi) is 3.60. The highest BCUT2D eigenvalue weighted by molar-refractivity contribution is 7.93. The third-order valence-electron chi connectivity index (χ3n) is 2.64. The van der Waals surface area contributed by atoms with E-state index in [1.54, 1.807) is 13.8 Å². The molecule has 0 amide bonds. The Labute approximate surface area is 102 Å². The van der Waals surface area contributed by atoms with Gasteiger partial charge >= 0.3 is 6.18 Å². The number of aromatic nitrogens is 1. The van der Waals surface area contributed by atoms with Crippen LogP contribution in [0.25, 0.3) is 0 Å². The molecule has 0 spiro atoms. The summed E-state index contributed by atoms with van der Waals surface area (Å²) < 4.78 is 52.2. The first-order valence-corrected chi connectivity index (χ1v) is 7.39. The summed E-state index contributed by atoms with van der Waals surface area (Å²) in [7, 11) is -1.21. The van der Waals surface area contributed by atoms with Crippen LogP contribution in [-0.2, 0) is 20.7 Å². The van der Waals surface area contributed by atoms with E-state index in [0.717, 1.165) is 6.20 Å². The number of nitrogens with zero attached hydrogens (tertiary/aromatic N) is 2. The first kappa shape index (κ1) is 14.4. The monoisotopic (exact) mass is 286 g/mol. The zero-order valence-electron chi connectivity index (χ0n) is 9.83. The van der Waals surface area contributed by atoms with Crippen LogP contribution in [0, 0.1) is 0 Å². The number of rotatable bonds is 2. The molecular formula is C9H13F3N2OS2. The molecule has 1 unspecified atom stereocenters. The highest BCUT2D eigenvalue weighted by Gasteiger charge is 2.38. The second kappa shape index (κ2) is 4.24. The molecule has 1 aromatic heterocycles. The maximum Gasteiger partial charge on any atom is 0.443 e. The van der Waals surface area contributed by atoms with Gasteiger partial charge in [-0.3, -0.25) is 0 Å². The Morgan fingerprint density at radius 1 is 1.41 bits per heavy atom. The zero-order valence-corrected chi connectivity index (χ0v) is 11.5. The molecule has 0 radical (unpaired) electrons. The molecule has 0 fully saturated rings. The van der Waals surface area contributed by atoms with Crippen molar-refractivity contribution in [3.63, 3.8) is 0 Å². The normalized spacial score (nSPS) is 16.6. The molecule has 3 nitrogen and oxygen atoms in total. The van der Waals surface area contributed by atoms with Crippen LogP contribution in [0.15, 0.2) is 10.6 Å². The van der Waals surface area contributed by atoms with Crippen LogP contribution in [0.5, 0.6) is 0 Å². The fourth-order valence-corrected chi connectivity index (χ4v) is 3.35. The average molecular weight is 286 g/mol. The standard InChI is InChI=1S/C9H13F3N2OS2/c1-8(2,17(4,15)13-3)6-5-14-7(16-6)9(10,11)12/h5H,1-4H3. The van der Waals surface area contributed by atoms with E-state index in [1.165, 1.54) is 13.3 Å². The molecule has 1 rings (SSSR count). The summed E-state index contributed by atoms with van der Waals surface area (Å²) in [4.78, 5) is 3.65. The van der Waals surface area contributed by atoms with Crippen molar-refractivity contribution in [2.24, 2.45) is 4.36 Å². The fraction of sp³-hybridized carbons (Fsp3) is 0.667. The molecule has 17 heavy (non-hydrogen) atoms. The summed E-state index contributed by atoms with van der Waals surface area (Å²) in [5.74, 6) is 0. The van der Waals surface area contributed by atoms with Gasteiger partial charge < -0.3 is 0 Å². The molecule has 0 saturated carbocycles. The Morgan fingerprint density at radius 2 is 1.94 bits per heavy atom. The molecule has 8 heteroatoms. The third-order valence-corrected chi connectivity index (χ3v) is 6.94. The molecular weight excluding hydrogens is 273 g/mol. The van der Waals surface area contributed by atoms with Gasteiger partial charge in [0.1, 0.15) is 0 Å². The van der Waals surface area contributed by atoms with Gasteiger partial charge in [0, 0.05) is 24.4 Å². The summed E-state index contributed by atoms with van der Waals surface area (Å²) in [6.45, 7) is 3.21. The van der Waals surface area contributed by atoms with Gasteiger partial charge in [-0.2, -0.15) is 13.2 Å². The van der Waals surface area contributed by atoms with E-state index in [-0.39, 0.29) is 0 Å². The molecule has 0 bridgehead atoms. The molecule has 0 aliphatic heterocycles. The highest BCUT2D eigenvalue weighted by atomic mass is 32.2. The van der Waals surface area contributed by atoms with Crippen molar-refractivity contribution in [3.05, 3.63) is 16.1 Å².